The number of piperazine rings is 1. The number of alkyl halides is 2. The van der Waals surface area contributed by atoms with Gasteiger partial charge in [-0.2, -0.15) is 0 Å². The third-order valence-corrected chi connectivity index (χ3v) is 10.3. The molecule has 0 spiro atoms. The lowest BCUT2D eigenvalue weighted by Gasteiger charge is -2.72. The first-order chi connectivity index (χ1) is 20.0. The summed E-state index contributed by atoms with van der Waals surface area (Å²) in [6.07, 6.45) is 6.46. The average molecular weight is 577 g/mol. The van der Waals surface area contributed by atoms with E-state index in [0.717, 1.165) is 68.7 Å². The summed E-state index contributed by atoms with van der Waals surface area (Å²) in [7, 11) is 0. The number of aromatic amines is 1. The molecular formula is C33H38F2N4O3. The lowest BCUT2D eigenvalue weighted by Crippen LogP contribution is -2.66. The van der Waals surface area contributed by atoms with Gasteiger partial charge in [0.1, 0.15) is 22.7 Å². The van der Waals surface area contributed by atoms with Gasteiger partial charge in [-0.3, -0.25) is 4.90 Å². The van der Waals surface area contributed by atoms with Crippen LogP contribution in [0.2, 0.25) is 0 Å². The van der Waals surface area contributed by atoms with Crippen LogP contribution in [-0.4, -0.2) is 65.1 Å². The Morgan fingerprint density at radius 1 is 1.12 bits per heavy atom. The zero-order valence-corrected chi connectivity index (χ0v) is 24.3. The van der Waals surface area contributed by atoms with E-state index in [4.69, 9.17) is 4.74 Å². The topological polar surface area (TPSA) is 81.7 Å². The highest BCUT2D eigenvalue weighted by Gasteiger charge is 2.73. The van der Waals surface area contributed by atoms with E-state index in [1.54, 1.807) is 18.5 Å². The Morgan fingerprint density at radius 2 is 1.88 bits per heavy atom. The van der Waals surface area contributed by atoms with Crippen molar-refractivity contribution in [2.45, 2.75) is 58.8 Å². The fourth-order valence-electron chi connectivity index (χ4n) is 7.99. The summed E-state index contributed by atoms with van der Waals surface area (Å²) in [5.41, 5.74) is 4.35. The number of hydrogen-bond acceptors (Lipinski definition) is 5. The smallest absolute Gasteiger partial charge is 0.339 e. The number of ether oxygens (including phenoxy) is 1. The maximum atomic E-state index is 13.6. The van der Waals surface area contributed by atoms with Crippen LogP contribution in [0.15, 0.2) is 53.9 Å². The zero-order valence-electron chi connectivity index (χ0n) is 24.3. The number of anilines is 1. The van der Waals surface area contributed by atoms with Crippen LogP contribution >= 0.6 is 0 Å². The van der Waals surface area contributed by atoms with Gasteiger partial charge in [-0.1, -0.05) is 25.0 Å². The molecule has 0 unspecified atom stereocenters. The van der Waals surface area contributed by atoms with E-state index in [1.807, 2.05) is 24.3 Å². The predicted octanol–water partition coefficient (Wildman–Crippen LogP) is 7.12. The molecule has 222 valence electrons. The Balaban J connectivity index is 1.04. The molecule has 2 N–H and O–H groups in total. The SMILES string of the molecule is CC1(C)CCC(CN2CCN(c3ccc(C(=O)O)c(Oc4cnc5[nH]ccc5c4)c3)CC2)=C(C23CC(C(F)F)(C2)C3)C1. The number of halogens is 2. The van der Waals surface area contributed by atoms with Crippen LogP contribution in [0, 0.1) is 16.2 Å². The molecule has 4 fully saturated rings. The van der Waals surface area contributed by atoms with Crippen molar-refractivity contribution < 1.29 is 23.4 Å². The van der Waals surface area contributed by atoms with Crippen LogP contribution in [0.3, 0.4) is 0 Å². The number of pyridine rings is 1. The summed E-state index contributed by atoms with van der Waals surface area (Å²) < 4.78 is 33.3. The van der Waals surface area contributed by atoms with Gasteiger partial charge in [0.2, 0.25) is 6.43 Å². The number of rotatable bonds is 8. The Kier molecular flexibility index (Phi) is 6.38. The van der Waals surface area contributed by atoms with Crippen molar-refractivity contribution in [3.63, 3.8) is 0 Å². The second-order valence-corrected chi connectivity index (χ2v) is 13.8. The molecule has 4 aliphatic carbocycles. The lowest BCUT2D eigenvalue weighted by molar-refractivity contribution is -0.250. The van der Waals surface area contributed by atoms with Crippen LogP contribution in [0.1, 0.15) is 62.7 Å². The minimum Gasteiger partial charge on any atom is -0.478 e. The maximum Gasteiger partial charge on any atom is 0.339 e. The molecule has 0 atom stereocenters. The minimum absolute atomic E-state index is 0.0364. The number of benzene rings is 1. The van der Waals surface area contributed by atoms with Crippen LogP contribution in [0.4, 0.5) is 14.5 Å². The van der Waals surface area contributed by atoms with E-state index in [2.05, 4.69) is 33.6 Å². The maximum absolute atomic E-state index is 13.6. The molecule has 7 nitrogen and oxygen atoms in total. The van der Waals surface area contributed by atoms with Crippen LogP contribution in [-0.2, 0) is 0 Å². The largest absolute Gasteiger partial charge is 0.478 e. The first kappa shape index (κ1) is 27.4. The van der Waals surface area contributed by atoms with Gasteiger partial charge in [0, 0.05) is 61.5 Å². The van der Waals surface area contributed by atoms with Gasteiger partial charge in [0.15, 0.2) is 0 Å². The van der Waals surface area contributed by atoms with Gasteiger partial charge >= 0.3 is 5.97 Å². The number of hydrogen-bond donors (Lipinski definition) is 2. The number of nitrogens with zero attached hydrogens (tertiary/aromatic N) is 3. The fourth-order valence-corrected chi connectivity index (χ4v) is 7.99. The highest BCUT2D eigenvalue weighted by molar-refractivity contribution is 5.92. The van der Waals surface area contributed by atoms with Crippen molar-refractivity contribution >= 4 is 22.7 Å². The molecule has 1 aliphatic heterocycles. The normalized spacial score (nSPS) is 27.2. The van der Waals surface area contributed by atoms with Gasteiger partial charge in [-0.15, -0.1) is 0 Å². The van der Waals surface area contributed by atoms with Crippen LogP contribution in [0.25, 0.3) is 11.0 Å². The molecule has 5 aliphatic rings. The number of aromatic nitrogens is 2. The third-order valence-electron chi connectivity index (χ3n) is 10.3. The highest BCUT2D eigenvalue weighted by Crippen LogP contribution is 2.79. The minimum atomic E-state index is -2.19. The van der Waals surface area contributed by atoms with Gasteiger partial charge in [0.05, 0.1) is 6.20 Å². The van der Waals surface area contributed by atoms with Crippen molar-refractivity contribution in [3.8, 4) is 11.5 Å². The number of carbonyl (C=O) groups is 1. The molecular weight excluding hydrogens is 538 g/mol. The molecule has 3 saturated carbocycles. The van der Waals surface area contributed by atoms with Crippen molar-refractivity contribution in [1.82, 2.24) is 14.9 Å². The van der Waals surface area contributed by atoms with Gasteiger partial charge in [-0.25, -0.2) is 18.6 Å². The Bertz CT molecular complexity index is 1550. The summed E-state index contributed by atoms with van der Waals surface area (Å²) in [6, 6.07) is 9.01. The number of H-pyrrole nitrogens is 1. The third kappa shape index (κ3) is 4.66. The molecule has 2 aromatic heterocycles. The van der Waals surface area contributed by atoms with Gasteiger partial charge in [0.25, 0.3) is 0 Å². The van der Waals surface area contributed by atoms with E-state index in [-0.39, 0.29) is 16.4 Å². The summed E-state index contributed by atoms with van der Waals surface area (Å²) >= 11 is 0. The molecule has 0 amide bonds. The van der Waals surface area contributed by atoms with Crippen LogP contribution < -0.4 is 9.64 Å². The lowest BCUT2D eigenvalue weighted by atomic mass is 9.32. The predicted molar refractivity (Wildman–Crippen MR) is 158 cm³/mol. The molecule has 2 bridgehead atoms. The first-order valence-electron chi connectivity index (χ1n) is 15.0. The number of aromatic carboxylic acids is 1. The van der Waals surface area contributed by atoms with Crippen LogP contribution in [0.5, 0.6) is 11.5 Å². The van der Waals surface area contributed by atoms with Crippen molar-refractivity contribution in [2.75, 3.05) is 37.6 Å². The quantitative estimate of drug-likeness (QED) is 0.278. The van der Waals surface area contributed by atoms with Gasteiger partial charge in [-0.05, 0) is 73.6 Å². The molecule has 1 saturated heterocycles. The van der Waals surface area contributed by atoms with Crippen molar-refractivity contribution in [3.05, 3.63) is 59.4 Å². The Hall–Kier alpha value is -3.46. The van der Waals surface area contributed by atoms with E-state index in [9.17, 15) is 18.7 Å². The van der Waals surface area contributed by atoms with Gasteiger partial charge < -0.3 is 19.7 Å². The van der Waals surface area contributed by atoms with E-state index in [1.165, 1.54) is 11.1 Å². The molecule has 42 heavy (non-hydrogen) atoms. The molecule has 3 heterocycles. The van der Waals surface area contributed by atoms with Crippen molar-refractivity contribution in [2.24, 2.45) is 16.2 Å². The second-order valence-electron chi connectivity index (χ2n) is 13.8. The molecule has 0 radical (unpaired) electrons. The summed E-state index contributed by atoms with van der Waals surface area (Å²) in [4.78, 5) is 24.1. The fraction of sp³-hybridized carbons (Fsp3) is 0.515. The second kappa shape index (κ2) is 9.79. The Morgan fingerprint density at radius 3 is 2.60 bits per heavy atom. The van der Waals surface area contributed by atoms with E-state index >= 15 is 0 Å². The number of carboxylic acids is 1. The van der Waals surface area contributed by atoms with E-state index in [0.29, 0.717) is 30.8 Å². The number of nitrogens with one attached hydrogen (secondary N) is 1. The molecule has 3 aromatic rings. The number of carboxylic acid groups (broad SMARTS) is 1. The average Bonchev–Trinajstić information content (AvgIpc) is 3.36. The standard InChI is InChI=1S/C33H38F2N4O3/c1-31(2)7-5-22(26(15-31)32-18-33(19-32,20-32)30(34)35)17-38-9-11-39(12-10-38)23-3-4-25(29(40)41)27(14-23)42-24-13-21-6-8-36-28(21)37-16-24/h3-4,6,8,13-14,16,30H,5,7,9-12,15,17-20H2,1-2H3,(H,36,37)(H,40,41). The highest BCUT2D eigenvalue weighted by atomic mass is 19.3. The zero-order chi connectivity index (χ0) is 29.3. The first-order valence-corrected chi connectivity index (χ1v) is 15.0. The Labute approximate surface area is 244 Å². The monoisotopic (exact) mass is 576 g/mol. The molecule has 1 aromatic carbocycles. The summed E-state index contributed by atoms with van der Waals surface area (Å²) in [5, 5.41) is 10.7. The number of allylic oxidation sites excluding steroid dienone is 1. The number of fused-ring (bicyclic) bond motifs is 1. The summed E-state index contributed by atoms with van der Waals surface area (Å²) in [6.45, 7) is 8.97. The van der Waals surface area contributed by atoms with E-state index < -0.39 is 17.8 Å². The summed E-state index contributed by atoms with van der Waals surface area (Å²) in [5.74, 6) is -0.270. The molecule has 9 heteroatoms. The molecule has 8 rings (SSSR count). The van der Waals surface area contributed by atoms with Crippen molar-refractivity contribution in [1.29, 1.82) is 0 Å².